The summed E-state index contributed by atoms with van der Waals surface area (Å²) in [5.74, 6) is 0.525. The minimum Gasteiger partial charge on any atom is -0.468 e. The fourth-order valence-corrected chi connectivity index (χ4v) is 9.67. The Labute approximate surface area is 284 Å². The smallest absolute Gasteiger partial charge is 0.319 e. The molecule has 1 unspecified atom stereocenters. The number of aromatic nitrogens is 3. The van der Waals surface area contributed by atoms with Gasteiger partial charge in [-0.3, -0.25) is 9.88 Å². The molecule has 1 spiro atoms. The molecule has 3 aliphatic heterocycles. The van der Waals surface area contributed by atoms with Crippen LogP contribution < -0.4 is 14.4 Å². The molecule has 258 valence electrons. The number of halogens is 2. The third-order valence-corrected chi connectivity index (χ3v) is 12.1. The third kappa shape index (κ3) is 5.22. The third-order valence-electron chi connectivity index (χ3n) is 12.1. The summed E-state index contributed by atoms with van der Waals surface area (Å²) in [5.41, 5.74) is 1.46. The highest BCUT2D eigenvalue weighted by molar-refractivity contribution is 6.01. The van der Waals surface area contributed by atoms with E-state index in [1.165, 1.54) is 26.0 Å². The van der Waals surface area contributed by atoms with Crippen molar-refractivity contribution < 1.29 is 28.1 Å². The van der Waals surface area contributed by atoms with Gasteiger partial charge in [0.25, 0.3) is 0 Å². The molecule has 0 amide bonds. The van der Waals surface area contributed by atoms with Gasteiger partial charge in [0.2, 0.25) is 0 Å². The lowest BCUT2D eigenvalue weighted by Crippen LogP contribution is -2.43. The lowest BCUT2D eigenvalue weighted by Gasteiger charge is -2.34. The van der Waals surface area contributed by atoms with Gasteiger partial charge in [0, 0.05) is 44.4 Å². The molecule has 1 N–H and O–H groups in total. The van der Waals surface area contributed by atoms with E-state index < -0.39 is 5.82 Å². The molecule has 5 heterocycles. The Morgan fingerprint density at radius 3 is 2.73 bits per heavy atom. The molecule has 3 saturated heterocycles. The number of fused-ring (bicyclic) bond motifs is 5. The van der Waals surface area contributed by atoms with Gasteiger partial charge in [0.15, 0.2) is 12.6 Å². The number of benzene rings is 2. The number of hydrogen-bond acceptors (Lipinski definition) is 9. The number of ether oxygens (including phenoxy) is 3. The zero-order valence-electron chi connectivity index (χ0n) is 28.2. The maximum Gasteiger partial charge on any atom is 0.319 e. The normalized spacial score (nSPS) is 27.0. The van der Waals surface area contributed by atoms with E-state index in [0.717, 1.165) is 45.2 Å². The largest absolute Gasteiger partial charge is 0.468 e. The van der Waals surface area contributed by atoms with Crippen molar-refractivity contribution in [2.45, 2.75) is 69.9 Å². The Balaban J connectivity index is 1.18. The summed E-state index contributed by atoms with van der Waals surface area (Å²) < 4.78 is 49.8. The number of aliphatic hydroxyl groups is 1. The van der Waals surface area contributed by atoms with Gasteiger partial charge >= 0.3 is 6.01 Å². The van der Waals surface area contributed by atoms with Gasteiger partial charge in [-0.15, -0.1) is 0 Å². The fraction of sp³-hybridized carbons (Fsp3) is 0.553. The van der Waals surface area contributed by atoms with E-state index in [2.05, 4.69) is 9.80 Å². The second-order valence-corrected chi connectivity index (χ2v) is 15.3. The van der Waals surface area contributed by atoms with Crippen LogP contribution in [0.2, 0.25) is 0 Å². The van der Waals surface area contributed by atoms with Crippen LogP contribution in [-0.2, 0) is 11.2 Å². The number of aliphatic hydroxyl groups excluding tert-OH is 1. The number of pyridine rings is 1. The molecule has 4 aromatic rings. The summed E-state index contributed by atoms with van der Waals surface area (Å²) in [6.07, 6.45) is 9.34. The van der Waals surface area contributed by atoms with Gasteiger partial charge in [-0.05, 0) is 104 Å². The molecule has 11 heteroatoms. The maximum absolute atomic E-state index is 17.2. The van der Waals surface area contributed by atoms with Crippen molar-refractivity contribution in [3.63, 3.8) is 0 Å². The van der Waals surface area contributed by atoms with Crippen molar-refractivity contribution in [3.8, 4) is 23.0 Å². The summed E-state index contributed by atoms with van der Waals surface area (Å²) in [7, 11) is 1.53. The number of nitrogens with zero attached hydrogens (tertiary/aromatic N) is 5. The van der Waals surface area contributed by atoms with Crippen LogP contribution in [0.5, 0.6) is 11.8 Å². The molecular formula is C38H43F2N5O4. The molecule has 49 heavy (non-hydrogen) atoms. The van der Waals surface area contributed by atoms with Crippen LogP contribution in [0.25, 0.3) is 32.9 Å². The van der Waals surface area contributed by atoms with Crippen LogP contribution in [0.4, 0.5) is 14.6 Å². The van der Waals surface area contributed by atoms with E-state index in [1.54, 1.807) is 24.4 Å². The predicted octanol–water partition coefficient (Wildman–Crippen LogP) is 6.27. The van der Waals surface area contributed by atoms with Crippen molar-refractivity contribution in [2.24, 2.45) is 17.3 Å². The van der Waals surface area contributed by atoms with Crippen LogP contribution in [0.1, 0.15) is 57.4 Å². The Morgan fingerprint density at radius 2 is 1.94 bits per heavy atom. The summed E-state index contributed by atoms with van der Waals surface area (Å²) >= 11 is 0. The molecule has 2 saturated carbocycles. The first-order valence-electron chi connectivity index (χ1n) is 17.8. The van der Waals surface area contributed by atoms with Crippen molar-refractivity contribution >= 4 is 27.5 Å². The van der Waals surface area contributed by atoms with Gasteiger partial charge in [-0.2, -0.15) is 9.97 Å². The molecule has 9 nitrogen and oxygen atoms in total. The van der Waals surface area contributed by atoms with Crippen LogP contribution in [0, 0.1) is 28.9 Å². The zero-order chi connectivity index (χ0) is 33.5. The number of aryl methyl sites for hydroxylation is 1. The van der Waals surface area contributed by atoms with Gasteiger partial charge in [0.05, 0.1) is 17.0 Å². The van der Waals surface area contributed by atoms with Gasteiger partial charge < -0.3 is 24.2 Å². The molecule has 5 fully saturated rings. The Bertz CT molecular complexity index is 1950. The van der Waals surface area contributed by atoms with Crippen molar-refractivity contribution in [2.75, 3.05) is 51.6 Å². The minimum absolute atomic E-state index is 0.00422. The molecule has 2 aromatic heterocycles. The van der Waals surface area contributed by atoms with E-state index in [0.29, 0.717) is 76.3 Å². The molecule has 0 radical (unpaired) electrons. The van der Waals surface area contributed by atoms with E-state index in [-0.39, 0.29) is 47.4 Å². The van der Waals surface area contributed by atoms with Gasteiger partial charge in [0.1, 0.15) is 35.2 Å². The molecule has 4 atom stereocenters. The zero-order valence-corrected chi connectivity index (χ0v) is 28.2. The standard InChI is InChI=1S/C38H43F2N5O4/c1-3-26-29(39)6-5-23-13-25(49-21-47-2)14-27(31(23)26)33-32(40)34-28(15-41-33)35(44-16-22-11-24(17-44)30(46)12-22)43-36(42-34)48-20-38-7-4-10-45(38)19-37(18-38)8-9-37/h5-6,13-15,22,24,30,46H,3-4,7-12,16-21H2,1-2H3/t22-,24-,30-,38?/m1/s1. The van der Waals surface area contributed by atoms with Crippen LogP contribution >= 0.6 is 0 Å². The average Bonchev–Trinajstić information content (AvgIpc) is 3.53. The van der Waals surface area contributed by atoms with Crippen molar-refractivity contribution in [1.82, 2.24) is 19.9 Å². The van der Waals surface area contributed by atoms with Crippen molar-refractivity contribution in [1.29, 1.82) is 0 Å². The number of rotatable bonds is 9. The Kier molecular flexibility index (Phi) is 7.48. The first-order chi connectivity index (χ1) is 23.8. The van der Waals surface area contributed by atoms with Crippen LogP contribution in [0.15, 0.2) is 30.5 Å². The van der Waals surface area contributed by atoms with E-state index in [1.807, 2.05) is 6.92 Å². The highest BCUT2D eigenvalue weighted by atomic mass is 19.1. The fourth-order valence-electron chi connectivity index (χ4n) is 9.67. The highest BCUT2D eigenvalue weighted by Crippen LogP contribution is 2.60. The number of hydrogen-bond donors (Lipinski definition) is 1. The SMILES string of the molecule is CCc1c(F)ccc2cc(OCOC)cc(-c3ncc4c(N5C[C@@H]6C[C@H](C5)[C@H](O)C6)nc(OCC56CCCN5CC5(CC5)C6)nc4c3F)c12. The Hall–Kier alpha value is -3.67. The minimum atomic E-state index is -0.624. The number of anilines is 1. The van der Waals surface area contributed by atoms with E-state index in [9.17, 15) is 5.11 Å². The lowest BCUT2D eigenvalue weighted by atomic mass is 9.89. The second-order valence-electron chi connectivity index (χ2n) is 15.3. The Morgan fingerprint density at radius 1 is 1.06 bits per heavy atom. The number of methoxy groups -OCH3 is 1. The summed E-state index contributed by atoms with van der Waals surface area (Å²) in [4.78, 5) is 19.2. The molecule has 2 aromatic carbocycles. The quantitative estimate of drug-likeness (QED) is 0.207. The monoisotopic (exact) mass is 671 g/mol. The average molecular weight is 672 g/mol. The predicted molar refractivity (Wildman–Crippen MR) is 182 cm³/mol. The second kappa shape index (κ2) is 11.7. The maximum atomic E-state index is 17.2. The topological polar surface area (TPSA) is 93.1 Å². The van der Waals surface area contributed by atoms with Gasteiger partial charge in [-0.1, -0.05) is 13.0 Å². The first-order valence-corrected chi connectivity index (χ1v) is 17.8. The van der Waals surface area contributed by atoms with E-state index >= 15 is 8.78 Å². The van der Waals surface area contributed by atoms with Gasteiger partial charge in [-0.25, -0.2) is 8.78 Å². The first kappa shape index (κ1) is 31.3. The van der Waals surface area contributed by atoms with Crippen LogP contribution in [0.3, 0.4) is 0 Å². The highest BCUT2D eigenvalue weighted by Gasteiger charge is 2.60. The van der Waals surface area contributed by atoms with E-state index in [4.69, 9.17) is 29.2 Å². The summed E-state index contributed by atoms with van der Waals surface area (Å²) in [6.45, 7) is 5.90. The molecule has 9 rings (SSSR count). The molecule has 5 aliphatic rings. The van der Waals surface area contributed by atoms with Crippen molar-refractivity contribution in [3.05, 3.63) is 47.7 Å². The molecule has 2 bridgehead atoms. The summed E-state index contributed by atoms with van der Waals surface area (Å²) in [5, 5.41) is 12.5. The summed E-state index contributed by atoms with van der Waals surface area (Å²) in [6, 6.07) is 6.76. The van der Waals surface area contributed by atoms with Crippen LogP contribution in [-0.4, -0.2) is 83.3 Å². The number of piperidine rings is 1. The molecular weight excluding hydrogens is 628 g/mol. The lowest BCUT2D eigenvalue weighted by molar-refractivity contribution is 0.0512. The molecule has 2 aliphatic carbocycles.